The number of unbranched alkanes of at least 4 members (excludes halogenated alkanes) is 1. The first-order valence-electron chi connectivity index (χ1n) is 9.45. The zero-order chi connectivity index (χ0) is 20.1. The van der Waals surface area contributed by atoms with Crippen molar-refractivity contribution in [2.75, 3.05) is 5.75 Å². The number of benzene rings is 1. The van der Waals surface area contributed by atoms with Crippen LogP contribution in [0, 0.1) is 13.8 Å². The Morgan fingerprint density at radius 1 is 1.25 bits per heavy atom. The Kier molecular flexibility index (Phi) is 6.91. The number of thioether (sulfide) groups is 1. The smallest absolute Gasteiger partial charge is 0.263 e. The molecule has 3 aromatic rings. The number of aromatic nitrogens is 2. The molecule has 0 atom stereocenters. The second kappa shape index (κ2) is 9.39. The topological polar surface area (TPSA) is 64.0 Å². The quantitative estimate of drug-likeness (QED) is 0.440. The van der Waals surface area contributed by atoms with Gasteiger partial charge in [0, 0.05) is 18.0 Å². The van der Waals surface area contributed by atoms with Gasteiger partial charge in [-0.25, -0.2) is 4.98 Å². The first-order chi connectivity index (χ1) is 13.5. The Bertz CT molecular complexity index is 1030. The van der Waals surface area contributed by atoms with Crippen LogP contribution in [0.1, 0.15) is 35.8 Å². The first-order valence-corrected chi connectivity index (χ1v) is 11.3. The van der Waals surface area contributed by atoms with Crippen molar-refractivity contribution >= 4 is 39.2 Å². The van der Waals surface area contributed by atoms with Gasteiger partial charge in [0.15, 0.2) is 5.16 Å². The molecule has 1 N–H and O–H groups in total. The maximum absolute atomic E-state index is 13.1. The van der Waals surface area contributed by atoms with Gasteiger partial charge in [0.1, 0.15) is 4.83 Å². The summed E-state index contributed by atoms with van der Waals surface area (Å²) in [6.45, 7) is 7.21. The van der Waals surface area contributed by atoms with E-state index in [4.69, 9.17) is 4.98 Å². The fraction of sp³-hybridized carbons (Fsp3) is 0.381. The Balaban J connectivity index is 1.77. The third-order valence-corrected chi connectivity index (χ3v) is 6.73. The number of hydrogen-bond acceptors (Lipinski definition) is 5. The monoisotopic (exact) mass is 415 g/mol. The van der Waals surface area contributed by atoms with Crippen LogP contribution in [-0.4, -0.2) is 21.2 Å². The summed E-state index contributed by atoms with van der Waals surface area (Å²) in [5.41, 5.74) is 2.08. The molecule has 2 aromatic heterocycles. The maximum Gasteiger partial charge on any atom is 0.263 e. The van der Waals surface area contributed by atoms with Crippen molar-refractivity contribution in [3.8, 4) is 0 Å². The molecule has 7 heteroatoms. The van der Waals surface area contributed by atoms with Gasteiger partial charge < -0.3 is 5.32 Å². The summed E-state index contributed by atoms with van der Waals surface area (Å²) in [6, 6.07) is 9.81. The highest BCUT2D eigenvalue weighted by atomic mass is 32.2. The summed E-state index contributed by atoms with van der Waals surface area (Å²) >= 11 is 2.87. The van der Waals surface area contributed by atoms with E-state index in [2.05, 4.69) is 12.2 Å². The number of nitrogens with one attached hydrogen (secondary N) is 1. The number of carbonyl (C=O) groups is 1. The van der Waals surface area contributed by atoms with Crippen LogP contribution >= 0.6 is 23.1 Å². The van der Waals surface area contributed by atoms with Crippen molar-refractivity contribution in [3.63, 3.8) is 0 Å². The van der Waals surface area contributed by atoms with E-state index in [1.54, 1.807) is 15.9 Å². The van der Waals surface area contributed by atoms with Crippen molar-refractivity contribution in [2.24, 2.45) is 0 Å². The van der Waals surface area contributed by atoms with Gasteiger partial charge in [-0.05, 0) is 31.4 Å². The number of nitrogens with zero attached hydrogens (tertiary/aromatic N) is 2. The van der Waals surface area contributed by atoms with Gasteiger partial charge in [0.2, 0.25) is 5.91 Å². The largest absolute Gasteiger partial charge is 0.351 e. The molecule has 5 nitrogen and oxygen atoms in total. The third-order valence-electron chi connectivity index (χ3n) is 4.65. The van der Waals surface area contributed by atoms with E-state index >= 15 is 0 Å². The summed E-state index contributed by atoms with van der Waals surface area (Å²) < 4.78 is 1.74. The van der Waals surface area contributed by atoms with E-state index in [9.17, 15) is 9.59 Å². The predicted octanol–water partition coefficient (Wildman–Crippen LogP) is 4.28. The molecule has 3 rings (SSSR count). The number of carbonyl (C=O) groups excluding carboxylic acids is 1. The van der Waals surface area contributed by atoms with Crippen LogP contribution in [0.5, 0.6) is 0 Å². The third kappa shape index (κ3) is 4.64. The molecule has 1 amide bonds. The number of rotatable bonds is 8. The minimum atomic E-state index is -0.0659. The molecule has 0 unspecified atom stereocenters. The average molecular weight is 416 g/mol. The maximum atomic E-state index is 13.1. The molecule has 0 spiro atoms. The molecule has 0 aliphatic rings. The molecule has 0 saturated carbocycles. The molecular formula is C21H25N3O2S2. The normalized spacial score (nSPS) is 11.1. The lowest BCUT2D eigenvalue weighted by Gasteiger charge is -2.12. The van der Waals surface area contributed by atoms with Crippen molar-refractivity contribution in [1.29, 1.82) is 0 Å². The summed E-state index contributed by atoms with van der Waals surface area (Å²) in [6.07, 6.45) is 1.90. The second-order valence-corrected chi connectivity index (χ2v) is 8.86. The zero-order valence-corrected chi connectivity index (χ0v) is 18.1. The van der Waals surface area contributed by atoms with E-state index < -0.39 is 0 Å². The van der Waals surface area contributed by atoms with Gasteiger partial charge in [-0.3, -0.25) is 14.2 Å². The summed E-state index contributed by atoms with van der Waals surface area (Å²) in [5, 5.41) is 4.27. The van der Waals surface area contributed by atoms with Gasteiger partial charge in [0.25, 0.3) is 5.56 Å². The highest BCUT2D eigenvalue weighted by molar-refractivity contribution is 7.99. The Morgan fingerprint density at radius 2 is 2.00 bits per heavy atom. The number of thiophene rings is 1. The molecule has 2 heterocycles. The highest BCUT2D eigenvalue weighted by Gasteiger charge is 2.17. The lowest BCUT2D eigenvalue weighted by molar-refractivity contribution is -0.118. The van der Waals surface area contributed by atoms with Gasteiger partial charge in [0.05, 0.1) is 11.1 Å². The fourth-order valence-corrected chi connectivity index (χ4v) is 4.84. The van der Waals surface area contributed by atoms with E-state index in [1.165, 1.54) is 11.8 Å². The molecule has 0 saturated heterocycles. The van der Waals surface area contributed by atoms with Crippen LogP contribution in [0.4, 0.5) is 0 Å². The highest BCUT2D eigenvalue weighted by Crippen LogP contribution is 2.28. The summed E-state index contributed by atoms with van der Waals surface area (Å²) in [7, 11) is 0. The SMILES string of the molecule is CCCCn1c(SCC(=O)NCc2ccccc2)nc2sc(C)c(C)c2c1=O. The van der Waals surface area contributed by atoms with Gasteiger partial charge in [-0.1, -0.05) is 55.4 Å². The van der Waals surface area contributed by atoms with E-state index in [0.29, 0.717) is 18.2 Å². The van der Waals surface area contributed by atoms with Crippen LogP contribution in [0.15, 0.2) is 40.3 Å². The molecule has 0 aliphatic heterocycles. The minimum absolute atomic E-state index is 0.00694. The zero-order valence-electron chi connectivity index (χ0n) is 16.4. The Morgan fingerprint density at radius 3 is 2.71 bits per heavy atom. The molecule has 28 heavy (non-hydrogen) atoms. The predicted molar refractivity (Wildman–Crippen MR) is 117 cm³/mol. The van der Waals surface area contributed by atoms with Crippen LogP contribution < -0.4 is 10.9 Å². The number of hydrogen-bond donors (Lipinski definition) is 1. The van der Waals surface area contributed by atoms with Gasteiger partial charge >= 0.3 is 0 Å². The number of amides is 1. The standard InChI is InChI=1S/C21H25N3O2S2/c1-4-5-11-24-20(26)18-14(2)15(3)28-19(18)23-21(24)27-13-17(25)22-12-16-9-7-6-8-10-16/h6-10H,4-5,11-13H2,1-3H3,(H,22,25). The average Bonchev–Trinajstić information content (AvgIpc) is 2.98. The van der Waals surface area contributed by atoms with Crippen molar-refractivity contribution in [2.45, 2.75) is 51.9 Å². The fourth-order valence-electron chi connectivity index (χ4n) is 2.91. The van der Waals surface area contributed by atoms with Crippen molar-refractivity contribution in [1.82, 2.24) is 14.9 Å². The minimum Gasteiger partial charge on any atom is -0.351 e. The van der Waals surface area contributed by atoms with Crippen molar-refractivity contribution < 1.29 is 4.79 Å². The van der Waals surface area contributed by atoms with E-state index in [0.717, 1.165) is 39.1 Å². The first kappa shape index (κ1) is 20.6. The molecule has 1 aromatic carbocycles. The van der Waals surface area contributed by atoms with Crippen LogP contribution in [0.25, 0.3) is 10.2 Å². The lowest BCUT2D eigenvalue weighted by Crippen LogP contribution is -2.26. The number of aryl methyl sites for hydroxylation is 2. The van der Waals surface area contributed by atoms with Gasteiger partial charge in [-0.2, -0.15) is 0 Å². The second-order valence-electron chi connectivity index (χ2n) is 6.72. The molecule has 0 bridgehead atoms. The molecule has 0 fully saturated rings. The number of fused-ring (bicyclic) bond motifs is 1. The molecule has 0 radical (unpaired) electrons. The Labute approximate surface area is 173 Å². The summed E-state index contributed by atoms with van der Waals surface area (Å²) in [4.78, 5) is 31.9. The summed E-state index contributed by atoms with van der Waals surface area (Å²) in [5.74, 6) is 0.170. The molecule has 0 aliphatic carbocycles. The molecular weight excluding hydrogens is 390 g/mol. The Hall–Kier alpha value is -2.12. The van der Waals surface area contributed by atoms with E-state index in [-0.39, 0.29) is 17.2 Å². The van der Waals surface area contributed by atoms with Crippen LogP contribution in [0.3, 0.4) is 0 Å². The van der Waals surface area contributed by atoms with Crippen molar-refractivity contribution in [3.05, 3.63) is 56.7 Å². The van der Waals surface area contributed by atoms with Crippen LogP contribution in [0.2, 0.25) is 0 Å². The lowest BCUT2D eigenvalue weighted by atomic mass is 10.2. The van der Waals surface area contributed by atoms with Crippen LogP contribution in [-0.2, 0) is 17.9 Å². The molecule has 148 valence electrons. The van der Waals surface area contributed by atoms with Gasteiger partial charge in [-0.15, -0.1) is 11.3 Å². The van der Waals surface area contributed by atoms with E-state index in [1.807, 2.05) is 44.2 Å².